The molecule has 0 fully saturated rings. The van der Waals surface area contributed by atoms with E-state index >= 15 is 0 Å². The number of carboxylic acid groups (broad SMARTS) is 1. The third-order valence-corrected chi connectivity index (χ3v) is 3.07. The molecule has 2 aromatic carbocycles. The number of ketones is 1. The van der Waals surface area contributed by atoms with Crippen LogP contribution in [0.15, 0.2) is 60.8 Å². The second kappa shape index (κ2) is 6.72. The van der Waals surface area contributed by atoms with Crippen LogP contribution in [0.1, 0.15) is 20.7 Å². The zero-order chi connectivity index (χ0) is 15.2. The van der Waals surface area contributed by atoms with E-state index in [2.05, 4.69) is 5.32 Å². The van der Waals surface area contributed by atoms with Gasteiger partial charge in [0.2, 0.25) is 0 Å². The zero-order valence-corrected chi connectivity index (χ0v) is 11.7. The van der Waals surface area contributed by atoms with Crippen molar-refractivity contribution < 1.29 is 14.7 Å². The summed E-state index contributed by atoms with van der Waals surface area (Å²) in [5.41, 5.74) is 1.11. The molecule has 2 aromatic rings. The first kappa shape index (κ1) is 14.8. The third-order valence-electron chi connectivity index (χ3n) is 2.75. The molecular formula is C16H12ClNO3. The minimum absolute atomic E-state index is 0.115. The Morgan fingerprint density at radius 1 is 1.05 bits per heavy atom. The Hall–Kier alpha value is -2.59. The van der Waals surface area contributed by atoms with Crippen molar-refractivity contribution in [2.75, 3.05) is 5.32 Å². The van der Waals surface area contributed by atoms with Gasteiger partial charge in [0, 0.05) is 17.8 Å². The lowest BCUT2D eigenvalue weighted by molar-refractivity contribution is 0.0696. The van der Waals surface area contributed by atoms with E-state index in [4.69, 9.17) is 16.7 Å². The zero-order valence-electron chi connectivity index (χ0n) is 10.9. The van der Waals surface area contributed by atoms with E-state index in [1.807, 2.05) is 6.07 Å². The standard InChI is InChI=1S/C16H12ClNO3/c17-13-7-6-12(16(20)21)10-14(13)18-9-8-15(19)11-4-2-1-3-5-11/h1-10,18H,(H,20,21)/b9-8-. The fourth-order valence-corrected chi connectivity index (χ4v) is 1.85. The van der Waals surface area contributed by atoms with Crippen molar-refractivity contribution in [1.82, 2.24) is 0 Å². The van der Waals surface area contributed by atoms with Crippen LogP contribution >= 0.6 is 11.6 Å². The van der Waals surface area contributed by atoms with Gasteiger partial charge in [-0.15, -0.1) is 0 Å². The maximum Gasteiger partial charge on any atom is 0.335 e. The summed E-state index contributed by atoms with van der Waals surface area (Å²) in [6.45, 7) is 0. The summed E-state index contributed by atoms with van der Waals surface area (Å²) in [7, 11) is 0. The molecule has 0 aliphatic rings. The molecule has 0 aliphatic carbocycles. The SMILES string of the molecule is O=C(O)c1ccc(Cl)c(N/C=C\C(=O)c2ccccc2)c1. The van der Waals surface area contributed by atoms with Crippen molar-refractivity contribution in [2.24, 2.45) is 0 Å². The van der Waals surface area contributed by atoms with Crippen LogP contribution in [0.25, 0.3) is 0 Å². The van der Waals surface area contributed by atoms with Gasteiger partial charge in [0.15, 0.2) is 5.78 Å². The topological polar surface area (TPSA) is 66.4 Å². The summed E-state index contributed by atoms with van der Waals surface area (Å²) in [6.07, 6.45) is 2.79. The summed E-state index contributed by atoms with van der Waals surface area (Å²) >= 11 is 5.96. The van der Waals surface area contributed by atoms with Gasteiger partial charge in [0.25, 0.3) is 0 Å². The van der Waals surface area contributed by atoms with Crippen LogP contribution in [-0.4, -0.2) is 16.9 Å². The molecule has 0 atom stereocenters. The Kier molecular flexibility index (Phi) is 4.74. The molecule has 21 heavy (non-hydrogen) atoms. The molecular weight excluding hydrogens is 290 g/mol. The molecule has 0 bridgehead atoms. The first-order chi connectivity index (χ1) is 10.1. The van der Waals surface area contributed by atoms with Gasteiger partial charge in [-0.2, -0.15) is 0 Å². The van der Waals surface area contributed by atoms with Crippen molar-refractivity contribution in [2.45, 2.75) is 0 Å². The maximum absolute atomic E-state index is 11.8. The predicted molar refractivity (Wildman–Crippen MR) is 81.9 cm³/mol. The summed E-state index contributed by atoms with van der Waals surface area (Å²) in [6, 6.07) is 13.1. The Bertz CT molecular complexity index is 696. The summed E-state index contributed by atoms with van der Waals surface area (Å²) < 4.78 is 0. The van der Waals surface area contributed by atoms with Crippen LogP contribution in [0.3, 0.4) is 0 Å². The Morgan fingerprint density at radius 3 is 2.43 bits per heavy atom. The van der Waals surface area contributed by atoms with Gasteiger partial charge in [0.1, 0.15) is 0 Å². The molecule has 106 valence electrons. The van der Waals surface area contributed by atoms with Crippen molar-refractivity contribution in [3.63, 3.8) is 0 Å². The van der Waals surface area contributed by atoms with Crippen LogP contribution in [0.2, 0.25) is 5.02 Å². The number of carbonyl (C=O) groups excluding carboxylic acids is 1. The number of halogens is 1. The average Bonchev–Trinajstić information content (AvgIpc) is 2.49. The average molecular weight is 302 g/mol. The van der Waals surface area contributed by atoms with Gasteiger partial charge in [0.05, 0.1) is 16.3 Å². The van der Waals surface area contributed by atoms with Gasteiger partial charge in [-0.05, 0) is 18.2 Å². The van der Waals surface area contributed by atoms with E-state index in [0.717, 1.165) is 0 Å². The van der Waals surface area contributed by atoms with Gasteiger partial charge in [-0.25, -0.2) is 4.79 Å². The van der Waals surface area contributed by atoms with Gasteiger partial charge in [-0.3, -0.25) is 4.79 Å². The van der Waals surface area contributed by atoms with E-state index in [-0.39, 0.29) is 11.3 Å². The number of hydrogen-bond donors (Lipinski definition) is 2. The highest BCUT2D eigenvalue weighted by molar-refractivity contribution is 6.33. The van der Waals surface area contributed by atoms with E-state index in [0.29, 0.717) is 16.3 Å². The van der Waals surface area contributed by atoms with E-state index < -0.39 is 5.97 Å². The second-order valence-corrected chi connectivity index (χ2v) is 4.61. The lowest BCUT2D eigenvalue weighted by atomic mass is 10.1. The van der Waals surface area contributed by atoms with Crippen LogP contribution in [0.4, 0.5) is 5.69 Å². The van der Waals surface area contributed by atoms with E-state index in [1.165, 1.54) is 30.5 Å². The minimum atomic E-state index is -1.04. The Morgan fingerprint density at radius 2 is 1.76 bits per heavy atom. The number of rotatable bonds is 5. The number of benzene rings is 2. The molecule has 5 heteroatoms. The summed E-state index contributed by atoms with van der Waals surface area (Å²) in [4.78, 5) is 22.7. The highest BCUT2D eigenvalue weighted by Gasteiger charge is 2.06. The van der Waals surface area contributed by atoms with Crippen molar-refractivity contribution >= 4 is 29.0 Å². The number of carboxylic acids is 1. The second-order valence-electron chi connectivity index (χ2n) is 4.21. The van der Waals surface area contributed by atoms with E-state index in [1.54, 1.807) is 24.3 Å². The third kappa shape index (κ3) is 3.94. The maximum atomic E-state index is 11.8. The quantitative estimate of drug-likeness (QED) is 0.650. The molecule has 2 rings (SSSR count). The van der Waals surface area contributed by atoms with Crippen molar-refractivity contribution in [1.29, 1.82) is 0 Å². The largest absolute Gasteiger partial charge is 0.478 e. The highest BCUT2D eigenvalue weighted by atomic mass is 35.5. The molecule has 0 aromatic heterocycles. The lowest BCUT2D eigenvalue weighted by Gasteiger charge is -2.05. The van der Waals surface area contributed by atoms with Crippen molar-refractivity contribution in [3.05, 3.63) is 77.0 Å². The Labute approximate surface area is 126 Å². The molecule has 0 spiro atoms. The molecule has 4 nitrogen and oxygen atoms in total. The molecule has 2 N–H and O–H groups in total. The molecule has 0 aliphatic heterocycles. The van der Waals surface area contributed by atoms with Gasteiger partial charge in [-0.1, -0.05) is 41.9 Å². The summed E-state index contributed by atoms with van der Waals surface area (Å²) in [5, 5.41) is 12.1. The predicted octanol–water partition coefficient (Wildman–Crippen LogP) is 3.85. The number of nitrogens with one attached hydrogen (secondary N) is 1. The highest BCUT2D eigenvalue weighted by Crippen LogP contribution is 2.23. The van der Waals surface area contributed by atoms with Crippen LogP contribution < -0.4 is 5.32 Å². The number of hydrogen-bond acceptors (Lipinski definition) is 3. The first-order valence-corrected chi connectivity index (χ1v) is 6.51. The number of carbonyl (C=O) groups is 2. The molecule has 0 saturated carbocycles. The fraction of sp³-hybridized carbons (Fsp3) is 0. The molecule has 0 saturated heterocycles. The van der Waals surface area contributed by atoms with Crippen molar-refractivity contribution in [3.8, 4) is 0 Å². The van der Waals surface area contributed by atoms with Gasteiger partial charge >= 0.3 is 5.97 Å². The lowest BCUT2D eigenvalue weighted by Crippen LogP contribution is -1.99. The first-order valence-electron chi connectivity index (χ1n) is 6.13. The number of anilines is 1. The van der Waals surface area contributed by atoms with Crippen LogP contribution in [0.5, 0.6) is 0 Å². The molecule has 0 amide bonds. The number of allylic oxidation sites excluding steroid dienone is 1. The molecule has 0 unspecified atom stereocenters. The van der Waals surface area contributed by atoms with Crippen LogP contribution in [0, 0.1) is 0 Å². The van der Waals surface area contributed by atoms with Crippen LogP contribution in [-0.2, 0) is 0 Å². The summed E-state index contributed by atoms with van der Waals surface area (Å²) in [5.74, 6) is -1.20. The number of aromatic carboxylic acids is 1. The molecule has 0 heterocycles. The normalized spacial score (nSPS) is 10.5. The Balaban J connectivity index is 2.09. The minimum Gasteiger partial charge on any atom is -0.478 e. The smallest absolute Gasteiger partial charge is 0.335 e. The van der Waals surface area contributed by atoms with E-state index in [9.17, 15) is 9.59 Å². The fourth-order valence-electron chi connectivity index (χ4n) is 1.67. The monoisotopic (exact) mass is 301 g/mol. The molecule has 0 radical (unpaired) electrons. The van der Waals surface area contributed by atoms with Gasteiger partial charge < -0.3 is 10.4 Å².